The van der Waals surface area contributed by atoms with E-state index >= 15 is 0 Å². The Hall–Kier alpha value is -2.25. The van der Waals surface area contributed by atoms with Gasteiger partial charge in [0.1, 0.15) is 21.5 Å². The highest BCUT2D eigenvalue weighted by Gasteiger charge is 2.53. The molecule has 2 aliphatic carbocycles. The molecule has 3 aliphatic rings. The number of rotatable bonds is 2. The van der Waals surface area contributed by atoms with E-state index in [4.69, 9.17) is 5.73 Å². The molecule has 0 aromatic heterocycles. The van der Waals surface area contributed by atoms with E-state index in [1.807, 2.05) is 18.2 Å². The first kappa shape index (κ1) is 18.8. The summed E-state index contributed by atoms with van der Waals surface area (Å²) in [6, 6.07) is 11.3. The van der Waals surface area contributed by atoms with E-state index in [1.165, 1.54) is 11.8 Å². The third-order valence-corrected chi connectivity index (χ3v) is 7.59. The number of nitrogens with two attached hydrogens (primary N) is 1. The normalized spacial score (nSPS) is 28.1. The van der Waals surface area contributed by atoms with Crippen LogP contribution in [0.3, 0.4) is 0 Å². The first-order valence-corrected chi connectivity index (χ1v) is 10.7. The monoisotopic (exact) mass is 413 g/mol. The van der Waals surface area contributed by atoms with Gasteiger partial charge in [-0.25, -0.2) is 13.8 Å². The zero-order valence-corrected chi connectivity index (χ0v) is 16.6. The number of aryl methyl sites for hydroxylation is 1. The van der Waals surface area contributed by atoms with Crippen molar-refractivity contribution in [1.29, 1.82) is 0 Å². The van der Waals surface area contributed by atoms with Gasteiger partial charge >= 0.3 is 0 Å². The lowest BCUT2D eigenvalue weighted by Gasteiger charge is -2.34. The fourth-order valence-corrected chi connectivity index (χ4v) is 6.13. The van der Waals surface area contributed by atoms with Crippen LogP contribution in [0.1, 0.15) is 42.4 Å². The number of halogens is 2. The standard InChI is InChI=1S/C22H21F2N3OS/c23-15-6-8-19(24)17(12-15)20-26-27(21(28)14-5-7-16(25)11-14)22(29-20)10-9-13-3-1-2-4-18(13)22/h1-4,6,8,12,14,16H,5,7,9-11,25H2. The number of thioether (sulfide) groups is 1. The van der Waals surface area contributed by atoms with Crippen LogP contribution in [0.4, 0.5) is 8.78 Å². The van der Waals surface area contributed by atoms with Crippen LogP contribution in [0.5, 0.6) is 0 Å². The van der Waals surface area contributed by atoms with Crippen LogP contribution in [0, 0.1) is 17.6 Å². The lowest BCUT2D eigenvalue weighted by Crippen LogP contribution is -2.42. The second kappa shape index (κ2) is 6.92. The summed E-state index contributed by atoms with van der Waals surface area (Å²) in [7, 11) is 0. The number of hydrazone groups is 1. The van der Waals surface area contributed by atoms with Gasteiger partial charge in [-0.15, -0.1) is 0 Å². The Balaban J connectivity index is 1.60. The minimum Gasteiger partial charge on any atom is -0.328 e. The topological polar surface area (TPSA) is 58.7 Å². The Labute approximate surface area is 172 Å². The summed E-state index contributed by atoms with van der Waals surface area (Å²) in [4.78, 5) is 12.8. The van der Waals surface area contributed by atoms with Crippen LogP contribution in [-0.2, 0) is 16.1 Å². The molecule has 1 amide bonds. The lowest BCUT2D eigenvalue weighted by atomic mass is 10.0. The van der Waals surface area contributed by atoms with Crippen molar-refractivity contribution in [2.24, 2.45) is 16.8 Å². The average Bonchev–Trinajstić information content (AvgIpc) is 3.42. The molecular weight excluding hydrogens is 392 g/mol. The number of fused-ring (bicyclic) bond motifs is 2. The maximum atomic E-state index is 14.5. The van der Waals surface area contributed by atoms with E-state index in [0.29, 0.717) is 17.9 Å². The van der Waals surface area contributed by atoms with Crippen molar-refractivity contribution in [3.8, 4) is 0 Å². The highest BCUT2D eigenvalue weighted by atomic mass is 32.2. The number of amides is 1. The molecule has 4 nitrogen and oxygen atoms in total. The number of carbonyl (C=O) groups excluding carboxylic acids is 1. The SMILES string of the molecule is NC1CCC(C(=O)N2N=C(c3cc(F)ccc3F)SC23CCc2ccccc23)C1. The zero-order chi connectivity index (χ0) is 20.2. The van der Waals surface area contributed by atoms with Crippen LogP contribution >= 0.6 is 11.8 Å². The summed E-state index contributed by atoms with van der Waals surface area (Å²) in [5, 5.41) is 6.47. The van der Waals surface area contributed by atoms with E-state index in [9.17, 15) is 13.6 Å². The van der Waals surface area contributed by atoms with E-state index in [0.717, 1.165) is 48.6 Å². The third kappa shape index (κ3) is 2.99. The molecule has 5 rings (SSSR count). The summed E-state index contributed by atoms with van der Waals surface area (Å²) in [5.74, 6) is -1.34. The molecule has 2 N–H and O–H groups in total. The van der Waals surface area contributed by atoms with Crippen molar-refractivity contribution in [1.82, 2.24) is 5.01 Å². The van der Waals surface area contributed by atoms with Crippen LogP contribution in [0.15, 0.2) is 47.6 Å². The molecule has 3 atom stereocenters. The summed E-state index contributed by atoms with van der Waals surface area (Å²) < 4.78 is 28.3. The summed E-state index contributed by atoms with van der Waals surface area (Å²) in [6.07, 6.45) is 3.68. The number of nitrogens with zero attached hydrogens (tertiary/aromatic N) is 2. The van der Waals surface area contributed by atoms with Gasteiger partial charge in [-0.3, -0.25) is 4.79 Å². The fraction of sp³-hybridized carbons (Fsp3) is 0.364. The highest BCUT2D eigenvalue weighted by molar-refractivity contribution is 8.15. The Kier molecular flexibility index (Phi) is 4.47. The molecule has 1 spiro atoms. The lowest BCUT2D eigenvalue weighted by molar-refractivity contribution is -0.138. The van der Waals surface area contributed by atoms with Crippen molar-refractivity contribution in [3.63, 3.8) is 0 Å². The molecular formula is C22H21F2N3OS. The van der Waals surface area contributed by atoms with Gasteiger partial charge < -0.3 is 5.73 Å². The van der Waals surface area contributed by atoms with Crippen molar-refractivity contribution in [2.45, 2.75) is 43.0 Å². The van der Waals surface area contributed by atoms with Crippen LogP contribution in [0.25, 0.3) is 0 Å². The van der Waals surface area contributed by atoms with Gasteiger partial charge in [-0.2, -0.15) is 5.10 Å². The predicted octanol–water partition coefficient (Wildman–Crippen LogP) is 4.13. The molecule has 0 saturated heterocycles. The molecule has 1 heterocycles. The third-order valence-electron chi connectivity index (χ3n) is 6.16. The first-order chi connectivity index (χ1) is 14.0. The minimum absolute atomic E-state index is 0.0233. The number of hydrogen-bond acceptors (Lipinski definition) is 4. The molecule has 2 aromatic rings. The van der Waals surface area contributed by atoms with Gasteiger partial charge in [0.15, 0.2) is 0 Å². The molecule has 2 aromatic carbocycles. The smallest absolute Gasteiger partial charge is 0.247 e. The predicted molar refractivity (Wildman–Crippen MR) is 109 cm³/mol. The molecule has 3 unspecified atom stereocenters. The van der Waals surface area contributed by atoms with Crippen molar-refractivity contribution >= 4 is 22.7 Å². The quantitative estimate of drug-likeness (QED) is 0.806. The number of benzene rings is 2. The van der Waals surface area contributed by atoms with Gasteiger partial charge in [0.05, 0.1) is 0 Å². The van der Waals surface area contributed by atoms with Gasteiger partial charge in [0.2, 0.25) is 5.91 Å². The van der Waals surface area contributed by atoms with E-state index in [-0.39, 0.29) is 23.4 Å². The second-order valence-electron chi connectivity index (χ2n) is 7.99. The molecule has 0 radical (unpaired) electrons. The van der Waals surface area contributed by atoms with E-state index in [1.54, 1.807) is 5.01 Å². The average molecular weight is 413 g/mol. The Bertz CT molecular complexity index is 1030. The zero-order valence-electron chi connectivity index (χ0n) is 15.8. The van der Waals surface area contributed by atoms with Gasteiger partial charge in [0.25, 0.3) is 0 Å². The van der Waals surface area contributed by atoms with Crippen molar-refractivity contribution in [3.05, 3.63) is 70.8 Å². The molecule has 1 saturated carbocycles. The highest BCUT2D eigenvalue weighted by Crippen LogP contribution is 2.55. The van der Waals surface area contributed by atoms with Gasteiger partial charge in [0, 0.05) is 17.5 Å². The molecule has 1 fully saturated rings. The molecule has 1 aliphatic heterocycles. The van der Waals surface area contributed by atoms with Crippen molar-refractivity contribution in [2.75, 3.05) is 0 Å². The van der Waals surface area contributed by atoms with E-state index < -0.39 is 16.5 Å². The summed E-state index contributed by atoms with van der Waals surface area (Å²) >= 11 is 1.35. The summed E-state index contributed by atoms with van der Waals surface area (Å²) in [6.45, 7) is 0. The Morgan fingerprint density at radius 3 is 2.83 bits per heavy atom. The summed E-state index contributed by atoms with van der Waals surface area (Å²) in [5.41, 5.74) is 8.32. The van der Waals surface area contributed by atoms with Crippen molar-refractivity contribution < 1.29 is 13.6 Å². The maximum Gasteiger partial charge on any atom is 0.247 e. The Morgan fingerprint density at radius 1 is 1.21 bits per heavy atom. The van der Waals surface area contributed by atoms with Gasteiger partial charge in [-0.1, -0.05) is 36.0 Å². The van der Waals surface area contributed by atoms with Crippen LogP contribution < -0.4 is 5.73 Å². The molecule has 7 heteroatoms. The van der Waals surface area contributed by atoms with E-state index in [2.05, 4.69) is 11.2 Å². The largest absolute Gasteiger partial charge is 0.328 e. The molecule has 0 bridgehead atoms. The van der Waals surface area contributed by atoms with Gasteiger partial charge in [-0.05, 0) is 61.4 Å². The maximum absolute atomic E-state index is 14.5. The van der Waals surface area contributed by atoms with Crippen LogP contribution in [0.2, 0.25) is 0 Å². The fourth-order valence-electron chi connectivity index (χ4n) is 4.69. The molecule has 29 heavy (non-hydrogen) atoms. The number of carbonyl (C=O) groups is 1. The second-order valence-corrected chi connectivity index (χ2v) is 9.26. The number of hydrogen-bond donors (Lipinski definition) is 1. The van der Waals surface area contributed by atoms with Crippen LogP contribution in [-0.4, -0.2) is 22.0 Å². The Morgan fingerprint density at radius 2 is 2.03 bits per heavy atom. The minimum atomic E-state index is -0.714. The molecule has 150 valence electrons. The first-order valence-electron chi connectivity index (χ1n) is 9.89.